The minimum Gasteiger partial charge on any atom is -0.377 e. The minimum atomic E-state index is -1.67. The highest BCUT2D eigenvalue weighted by Crippen LogP contribution is 2.48. The molecule has 0 radical (unpaired) electrons. The molecule has 2 aromatic carbocycles. The Balaban J connectivity index is 1.45. The molecule has 0 spiro atoms. The molecule has 0 saturated carbocycles. The van der Waals surface area contributed by atoms with Crippen LogP contribution in [-0.4, -0.2) is 44.1 Å². The van der Waals surface area contributed by atoms with Crippen LogP contribution in [0.25, 0.3) is 10.9 Å². The molecule has 5 heteroatoms. The van der Waals surface area contributed by atoms with Gasteiger partial charge in [-0.1, -0.05) is 69.7 Å². The Bertz CT molecular complexity index is 1390. The van der Waals surface area contributed by atoms with Crippen molar-refractivity contribution in [2.45, 2.75) is 83.1 Å². The number of hydrogen-bond donors (Lipinski definition) is 1. The van der Waals surface area contributed by atoms with Gasteiger partial charge in [-0.05, 0) is 66.8 Å². The highest BCUT2D eigenvalue weighted by atomic mass is 28.3. The topological polar surface area (TPSA) is 45.3 Å². The summed E-state index contributed by atoms with van der Waals surface area (Å²) < 4.78 is 5.83. The number of rotatable bonds is 6. The van der Waals surface area contributed by atoms with Crippen molar-refractivity contribution in [3.8, 4) is 11.5 Å². The maximum atomic E-state index is 14.0. The predicted molar refractivity (Wildman–Crippen MR) is 163 cm³/mol. The van der Waals surface area contributed by atoms with E-state index in [1.54, 1.807) is 0 Å². The van der Waals surface area contributed by atoms with Gasteiger partial charge in [0.25, 0.3) is 0 Å². The molecule has 4 nitrogen and oxygen atoms in total. The summed E-state index contributed by atoms with van der Waals surface area (Å²) in [5, 5.41) is 1.31. The van der Waals surface area contributed by atoms with E-state index >= 15 is 0 Å². The summed E-state index contributed by atoms with van der Waals surface area (Å²) in [6, 6.07) is 18.8. The molecule has 6 rings (SSSR count). The zero-order valence-corrected chi connectivity index (χ0v) is 24.9. The molecule has 1 aliphatic carbocycles. The van der Waals surface area contributed by atoms with E-state index in [0.29, 0.717) is 18.0 Å². The molecule has 204 valence electrons. The second-order valence-electron chi connectivity index (χ2n) is 13.0. The van der Waals surface area contributed by atoms with E-state index in [4.69, 9.17) is 4.74 Å². The molecule has 5 atom stereocenters. The van der Waals surface area contributed by atoms with E-state index in [1.165, 1.54) is 46.3 Å². The third-order valence-electron chi connectivity index (χ3n) is 9.07. The van der Waals surface area contributed by atoms with E-state index in [0.717, 1.165) is 38.9 Å². The van der Waals surface area contributed by atoms with Gasteiger partial charge < -0.3 is 14.6 Å². The predicted octanol–water partition coefficient (Wildman–Crippen LogP) is 7.10. The maximum Gasteiger partial charge on any atom is 0.209 e. The average molecular weight is 539 g/mol. The largest absolute Gasteiger partial charge is 0.377 e. The molecule has 2 bridgehead atoms. The lowest BCUT2D eigenvalue weighted by Crippen LogP contribution is -2.45. The number of anilines is 1. The highest BCUT2D eigenvalue weighted by molar-refractivity contribution is 6.84. The fraction of sp³-hybridized carbons (Fsp3) is 0.500. The number of morpholine rings is 1. The number of carbonyl (C=O) groups is 1. The van der Waals surface area contributed by atoms with Crippen molar-refractivity contribution in [1.29, 1.82) is 0 Å². The van der Waals surface area contributed by atoms with Crippen LogP contribution in [0.5, 0.6) is 0 Å². The Hall–Kier alpha value is -2.81. The summed E-state index contributed by atoms with van der Waals surface area (Å²) in [5.74, 6) is 3.46. The summed E-state index contributed by atoms with van der Waals surface area (Å²) in [6.07, 6.45) is 6.69. The summed E-state index contributed by atoms with van der Waals surface area (Å²) in [5.41, 5.74) is 9.69. The van der Waals surface area contributed by atoms with Crippen molar-refractivity contribution >= 4 is 30.4 Å². The van der Waals surface area contributed by atoms with Gasteiger partial charge >= 0.3 is 0 Å². The molecule has 1 N–H and O–H groups in total. The van der Waals surface area contributed by atoms with Crippen LogP contribution in [0.1, 0.15) is 61.8 Å². The molecule has 1 aromatic heterocycles. The first kappa shape index (κ1) is 26.4. The normalized spacial score (nSPS) is 26.3. The average Bonchev–Trinajstić information content (AvgIpc) is 3.42. The summed E-state index contributed by atoms with van der Waals surface area (Å²) in [7, 11) is -1.67. The zero-order valence-electron chi connectivity index (χ0n) is 23.9. The van der Waals surface area contributed by atoms with Crippen molar-refractivity contribution in [2.24, 2.45) is 11.8 Å². The Morgan fingerprint density at radius 2 is 1.77 bits per heavy atom. The van der Waals surface area contributed by atoms with Gasteiger partial charge in [-0.3, -0.25) is 4.79 Å². The van der Waals surface area contributed by atoms with Crippen LogP contribution in [0.15, 0.2) is 48.5 Å². The van der Waals surface area contributed by atoms with E-state index < -0.39 is 8.07 Å². The van der Waals surface area contributed by atoms with Crippen LogP contribution in [-0.2, 0) is 16.0 Å². The first-order chi connectivity index (χ1) is 18.8. The number of carbonyl (C=O) groups excluding carboxylic acids is 1. The van der Waals surface area contributed by atoms with E-state index in [-0.39, 0.29) is 17.6 Å². The molecular weight excluding hydrogens is 496 g/mol. The summed E-state index contributed by atoms with van der Waals surface area (Å²) in [4.78, 5) is 20.4. The number of H-pyrrole nitrogens is 1. The molecule has 3 unspecified atom stereocenters. The SMILES string of the molecule is CCCC[C@H]1Cc2c([nH]c3ccccc23)[C@H](c2ccc(N3C4CCC3COC4)cc2)C1C(=O)C#C[Si](C)(C)C. The number of unbranched alkanes of at least 4 members (excludes halogenated alkanes) is 1. The quantitative estimate of drug-likeness (QED) is 0.269. The van der Waals surface area contributed by atoms with Crippen LogP contribution >= 0.6 is 0 Å². The maximum absolute atomic E-state index is 14.0. The van der Waals surface area contributed by atoms with Crippen LogP contribution in [0.2, 0.25) is 19.6 Å². The lowest BCUT2D eigenvalue weighted by atomic mass is 9.65. The molecule has 2 aliphatic heterocycles. The van der Waals surface area contributed by atoms with E-state index in [2.05, 4.69) is 96.4 Å². The number of hydrogen-bond acceptors (Lipinski definition) is 3. The number of aromatic nitrogens is 1. The number of benzene rings is 2. The lowest BCUT2D eigenvalue weighted by Gasteiger charge is -2.38. The van der Waals surface area contributed by atoms with Crippen LogP contribution < -0.4 is 4.90 Å². The third kappa shape index (κ3) is 5.10. The molecular formula is C34H42N2O2Si. The summed E-state index contributed by atoms with van der Waals surface area (Å²) in [6.45, 7) is 10.5. The van der Waals surface area contributed by atoms with Gasteiger partial charge in [-0.15, -0.1) is 5.54 Å². The Kier molecular flexibility index (Phi) is 7.20. The van der Waals surface area contributed by atoms with Crippen molar-refractivity contribution in [3.63, 3.8) is 0 Å². The number of nitrogens with one attached hydrogen (secondary N) is 1. The van der Waals surface area contributed by atoms with Crippen LogP contribution in [0.4, 0.5) is 5.69 Å². The van der Waals surface area contributed by atoms with Gasteiger partial charge in [0.05, 0.1) is 25.3 Å². The molecule has 3 aromatic rings. The third-order valence-corrected chi connectivity index (χ3v) is 9.95. The second-order valence-corrected chi connectivity index (χ2v) is 17.7. The fourth-order valence-electron chi connectivity index (χ4n) is 7.27. The molecule has 2 fully saturated rings. The van der Waals surface area contributed by atoms with Crippen molar-refractivity contribution in [2.75, 3.05) is 18.1 Å². The van der Waals surface area contributed by atoms with Gasteiger partial charge in [0.2, 0.25) is 5.78 Å². The van der Waals surface area contributed by atoms with E-state index in [1.807, 2.05) is 0 Å². The van der Waals surface area contributed by atoms with Crippen LogP contribution in [0, 0.1) is 23.3 Å². The number of ether oxygens (including phenoxy) is 1. The van der Waals surface area contributed by atoms with Crippen molar-refractivity contribution in [3.05, 3.63) is 65.4 Å². The summed E-state index contributed by atoms with van der Waals surface area (Å²) >= 11 is 0. The van der Waals surface area contributed by atoms with Gasteiger partial charge in [0.1, 0.15) is 8.07 Å². The Labute approximate surface area is 234 Å². The van der Waals surface area contributed by atoms with Crippen molar-refractivity contribution < 1.29 is 9.53 Å². The van der Waals surface area contributed by atoms with Gasteiger partial charge in [0, 0.05) is 34.1 Å². The molecule has 3 aliphatic rings. The molecule has 2 saturated heterocycles. The lowest BCUT2D eigenvalue weighted by molar-refractivity contribution is -0.119. The second kappa shape index (κ2) is 10.6. The monoisotopic (exact) mass is 538 g/mol. The standard InChI is InChI=1S/C34H42N2O2Si/c1-5-6-9-24-20-29-28-10-7-8-11-30(28)35-34(29)33(32(24)31(37)18-19-39(2,3)4)23-12-14-25(15-13-23)36-26-16-17-27(36)22-38-21-26/h7-8,10-15,24,26-27,32-33,35H,5-6,9,16-17,20-22H2,1-4H3/t24-,26?,27?,32?,33+/m0/s1. The number of aromatic amines is 1. The molecule has 3 heterocycles. The number of nitrogens with zero attached hydrogens (tertiary/aromatic N) is 1. The smallest absolute Gasteiger partial charge is 0.209 e. The Morgan fingerprint density at radius 3 is 2.46 bits per heavy atom. The van der Waals surface area contributed by atoms with Crippen LogP contribution in [0.3, 0.4) is 0 Å². The number of para-hydroxylation sites is 1. The first-order valence-electron chi connectivity index (χ1n) is 15.0. The fourth-order valence-corrected chi connectivity index (χ4v) is 7.77. The highest BCUT2D eigenvalue weighted by Gasteiger charge is 2.43. The van der Waals surface area contributed by atoms with E-state index in [9.17, 15) is 4.79 Å². The number of ketones is 1. The van der Waals surface area contributed by atoms with Crippen molar-refractivity contribution in [1.82, 2.24) is 4.98 Å². The minimum absolute atomic E-state index is 0.0121. The zero-order chi connectivity index (χ0) is 27.1. The number of fused-ring (bicyclic) bond motifs is 5. The number of Topliss-reactive ketones (excluding diaryl/α,β-unsaturated/α-hetero) is 1. The van der Waals surface area contributed by atoms with Gasteiger partial charge in [-0.25, -0.2) is 0 Å². The van der Waals surface area contributed by atoms with Gasteiger partial charge in [-0.2, -0.15) is 0 Å². The first-order valence-corrected chi connectivity index (χ1v) is 18.5. The molecule has 39 heavy (non-hydrogen) atoms. The van der Waals surface area contributed by atoms with Gasteiger partial charge in [0.15, 0.2) is 0 Å². The Morgan fingerprint density at radius 1 is 1.05 bits per heavy atom. The molecule has 0 amide bonds.